The summed E-state index contributed by atoms with van der Waals surface area (Å²) in [7, 11) is 3.18. The lowest BCUT2D eigenvalue weighted by atomic mass is 9.88. The van der Waals surface area contributed by atoms with E-state index in [2.05, 4.69) is 5.32 Å². The molecule has 1 atom stereocenters. The standard InChI is InChI=1S/C27H27NO6S/c1-32-17-10-7-15(8-11-17)23-24-25(35-26(23)27(30)31)19(14-22(29)28-24)16-9-12-20(21(13-16)33-2)34-18-5-3-4-6-18/h7-13,18-19H,3-6,14H2,1-2H3,(H,28,29)(H,30,31)/t19-/m0/s1. The maximum Gasteiger partial charge on any atom is 0.346 e. The van der Waals surface area contributed by atoms with Crippen LogP contribution >= 0.6 is 11.3 Å². The molecule has 1 fully saturated rings. The molecular weight excluding hydrogens is 466 g/mol. The van der Waals surface area contributed by atoms with Crippen LogP contribution in [0.1, 0.15) is 58.1 Å². The van der Waals surface area contributed by atoms with Crippen LogP contribution < -0.4 is 19.5 Å². The Morgan fingerprint density at radius 2 is 1.77 bits per heavy atom. The normalized spacial score (nSPS) is 17.5. The third-order valence-electron chi connectivity index (χ3n) is 6.66. The molecule has 7 nitrogen and oxygen atoms in total. The van der Waals surface area contributed by atoms with Crippen molar-refractivity contribution >= 4 is 28.9 Å². The van der Waals surface area contributed by atoms with E-state index in [1.807, 2.05) is 30.3 Å². The summed E-state index contributed by atoms with van der Waals surface area (Å²) in [6.45, 7) is 0. The Balaban J connectivity index is 1.56. The van der Waals surface area contributed by atoms with Gasteiger partial charge in [-0.3, -0.25) is 4.79 Å². The zero-order chi connectivity index (χ0) is 24.5. The maximum absolute atomic E-state index is 12.8. The van der Waals surface area contributed by atoms with E-state index in [0.29, 0.717) is 34.1 Å². The van der Waals surface area contributed by atoms with Crippen molar-refractivity contribution in [3.8, 4) is 28.4 Å². The topological polar surface area (TPSA) is 94.1 Å². The van der Waals surface area contributed by atoms with Gasteiger partial charge in [-0.2, -0.15) is 0 Å². The number of ether oxygens (including phenoxy) is 3. The van der Waals surface area contributed by atoms with Crippen molar-refractivity contribution in [2.45, 2.75) is 44.1 Å². The highest BCUT2D eigenvalue weighted by molar-refractivity contribution is 7.15. The molecule has 2 heterocycles. The van der Waals surface area contributed by atoms with Crippen LogP contribution in [-0.4, -0.2) is 37.3 Å². The van der Waals surface area contributed by atoms with Gasteiger partial charge in [0.25, 0.3) is 0 Å². The van der Waals surface area contributed by atoms with Gasteiger partial charge in [0.2, 0.25) is 5.91 Å². The molecule has 0 unspecified atom stereocenters. The first-order valence-corrected chi connectivity index (χ1v) is 12.5. The lowest BCUT2D eigenvalue weighted by Crippen LogP contribution is -2.22. The number of rotatable bonds is 7. The Morgan fingerprint density at radius 1 is 1.03 bits per heavy atom. The summed E-state index contributed by atoms with van der Waals surface area (Å²) in [4.78, 5) is 26.0. The molecular formula is C27H27NO6S. The average molecular weight is 494 g/mol. The molecule has 1 amide bonds. The van der Waals surface area contributed by atoms with E-state index in [4.69, 9.17) is 14.2 Å². The molecule has 35 heavy (non-hydrogen) atoms. The smallest absolute Gasteiger partial charge is 0.346 e. The number of nitrogens with one attached hydrogen (secondary N) is 1. The van der Waals surface area contributed by atoms with Gasteiger partial charge in [-0.1, -0.05) is 18.2 Å². The van der Waals surface area contributed by atoms with Gasteiger partial charge in [-0.05, 0) is 61.1 Å². The molecule has 1 saturated carbocycles. The zero-order valence-electron chi connectivity index (χ0n) is 19.6. The van der Waals surface area contributed by atoms with E-state index < -0.39 is 5.97 Å². The fourth-order valence-electron chi connectivity index (χ4n) is 4.92. The van der Waals surface area contributed by atoms with Gasteiger partial charge >= 0.3 is 5.97 Å². The van der Waals surface area contributed by atoms with Crippen molar-refractivity contribution in [1.82, 2.24) is 0 Å². The summed E-state index contributed by atoms with van der Waals surface area (Å²) >= 11 is 1.21. The number of carbonyl (C=O) groups excluding carboxylic acids is 1. The highest BCUT2D eigenvalue weighted by atomic mass is 32.1. The SMILES string of the molecule is COc1ccc(-c2c(C(=O)O)sc3c2NC(=O)C[C@H]3c2ccc(OC3CCCC3)c(OC)c2)cc1. The lowest BCUT2D eigenvalue weighted by molar-refractivity contribution is -0.116. The molecule has 8 heteroatoms. The van der Waals surface area contributed by atoms with Crippen LogP contribution in [0.3, 0.4) is 0 Å². The van der Waals surface area contributed by atoms with Crippen molar-refractivity contribution in [3.63, 3.8) is 0 Å². The Hall–Kier alpha value is -3.52. The minimum absolute atomic E-state index is 0.155. The van der Waals surface area contributed by atoms with Crippen LogP contribution in [-0.2, 0) is 4.79 Å². The highest BCUT2D eigenvalue weighted by Gasteiger charge is 2.35. The number of benzene rings is 2. The molecule has 1 aliphatic carbocycles. The highest BCUT2D eigenvalue weighted by Crippen LogP contribution is 2.50. The molecule has 182 valence electrons. The predicted molar refractivity (Wildman–Crippen MR) is 134 cm³/mol. The summed E-state index contributed by atoms with van der Waals surface area (Å²) in [5, 5.41) is 12.9. The summed E-state index contributed by atoms with van der Waals surface area (Å²) in [6.07, 6.45) is 4.85. The zero-order valence-corrected chi connectivity index (χ0v) is 20.4. The number of methoxy groups -OCH3 is 2. The quantitative estimate of drug-likeness (QED) is 0.424. The van der Waals surface area contributed by atoms with Crippen molar-refractivity contribution < 1.29 is 28.9 Å². The van der Waals surface area contributed by atoms with E-state index in [0.717, 1.165) is 23.3 Å². The third-order valence-corrected chi connectivity index (χ3v) is 7.96. The first-order valence-electron chi connectivity index (χ1n) is 11.7. The molecule has 0 spiro atoms. The van der Waals surface area contributed by atoms with Gasteiger partial charge in [-0.15, -0.1) is 11.3 Å². The molecule has 1 aromatic heterocycles. The van der Waals surface area contributed by atoms with Gasteiger partial charge < -0.3 is 24.6 Å². The van der Waals surface area contributed by atoms with Gasteiger partial charge in [0.1, 0.15) is 10.6 Å². The average Bonchev–Trinajstić information content (AvgIpc) is 3.52. The number of hydrogen-bond acceptors (Lipinski definition) is 6. The van der Waals surface area contributed by atoms with Crippen LogP contribution in [0.4, 0.5) is 5.69 Å². The number of amides is 1. The van der Waals surface area contributed by atoms with Gasteiger partial charge in [0.05, 0.1) is 26.0 Å². The van der Waals surface area contributed by atoms with E-state index in [9.17, 15) is 14.7 Å². The van der Waals surface area contributed by atoms with E-state index >= 15 is 0 Å². The minimum atomic E-state index is -1.03. The molecule has 0 bridgehead atoms. The molecule has 0 saturated heterocycles. The summed E-state index contributed by atoms with van der Waals surface area (Å²) in [5.74, 6) is 0.512. The van der Waals surface area contributed by atoms with Crippen LogP contribution in [0.25, 0.3) is 11.1 Å². The molecule has 3 aromatic rings. The minimum Gasteiger partial charge on any atom is -0.497 e. The summed E-state index contributed by atoms with van der Waals surface area (Å²) < 4.78 is 17.0. The van der Waals surface area contributed by atoms with Crippen molar-refractivity contribution in [1.29, 1.82) is 0 Å². The Labute approximate surface area is 207 Å². The number of carboxylic acids is 1. The molecule has 2 N–H and O–H groups in total. The van der Waals surface area contributed by atoms with Crippen LogP contribution in [0.5, 0.6) is 17.2 Å². The number of fused-ring (bicyclic) bond motifs is 1. The van der Waals surface area contributed by atoms with Gasteiger partial charge in [-0.25, -0.2) is 4.79 Å². The molecule has 1 aliphatic heterocycles. The van der Waals surface area contributed by atoms with Crippen LogP contribution in [0.15, 0.2) is 42.5 Å². The fourth-order valence-corrected chi connectivity index (χ4v) is 6.17. The predicted octanol–water partition coefficient (Wildman–Crippen LogP) is 5.93. The molecule has 5 rings (SSSR count). The second-order valence-electron chi connectivity index (χ2n) is 8.82. The number of thiophene rings is 1. The first-order chi connectivity index (χ1) is 17.0. The summed E-state index contributed by atoms with van der Waals surface area (Å²) in [5.41, 5.74) is 2.67. The van der Waals surface area contributed by atoms with E-state index in [1.54, 1.807) is 26.4 Å². The van der Waals surface area contributed by atoms with Crippen LogP contribution in [0, 0.1) is 0 Å². The van der Waals surface area contributed by atoms with Crippen molar-refractivity contribution in [3.05, 3.63) is 57.8 Å². The maximum atomic E-state index is 12.8. The summed E-state index contributed by atoms with van der Waals surface area (Å²) in [6, 6.07) is 12.9. The van der Waals surface area contributed by atoms with Crippen molar-refractivity contribution in [2.24, 2.45) is 0 Å². The number of carboxylic acid groups (broad SMARTS) is 1. The number of anilines is 1. The van der Waals surface area contributed by atoms with Gasteiger partial charge in [0.15, 0.2) is 11.5 Å². The molecule has 2 aliphatic rings. The van der Waals surface area contributed by atoms with E-state index in [-0.39, 0.29) is 29.2 Å². The number of carbonyl (C=O) groups is 2. The lowest BCUT2D eigenvalue weighted by Gasteiger charge is -2.25. The largest absolute Gasteiger partial charge is 0.497 e. The first kappa shape index (κ1) is 23.2. The Bertz CT molecular complexity index is 1260. The van der Waals surface area contributed by atoms with Crippen LogP contribution in [0.2, 0.25) is 0 Å². The third kappa shape index (κ3) is 4.46. The fraction of sp³-hybridized carbons (Fsp3) is 0.333. The molecule has 2 aromatic carbocycles. The number of aromatic carboxylic acids is 1. The van der Waals surface area contributed by atoms with Gasteiger partial charge in [0, 0.05) is 22.8 Å². The monoisotopic (exact) mass is 493 g/mol. The Morgan fingerprint density at radius 3 is 2.43 bits per heavy atom. The number of hydrogen-bond donors (Lipinski definition) is 2. The second kappa shape index (κ2) is 9.62. The van der Waals surface area contributed by atoms with Crippen molar-refractivity contribution in [2.75, 3.05) is 19.5 Å². The second-order valence-corrected chi connectivity index (χ2v) is 9.87. The Kier molecular flexibility index (Phi) is 6.38. The molecule has 0 radical (unpaired) electrons. The van der Waals surface area contributed by atoms with E-state index in [1.165, 1.54) is 24.2 Å².